The lowest BCUT2D eigenvalue weighted by Gasteiger charge is -1.99. The Hall–Kier alpha value is -1.34. The van der Waals surface area contributed by atoms with E-state index in [1.165, 1.54) is 28.3 Å². The molecule has 102 valence electrons. The molecule has 1 nitrogen and oxygen atoms in total. The maximum absolute atomic E-state index is 5.27. The summed E-state index contributed by atoms with van der Waals surface area (Å²) in [5, 5.41) is 2.67. The van der Waals surface area contributed by atoms with E-state index in [9.17, 15) is 0 Å². The minimum Gasteiger partial charge on any atom is -0.378 e. The maximum Gasteiger partial charge on any atom is 0.0550 e. The summed E-state index contributed by atoms with van der Waals surface area (Å²) in [6, 6.07) is 13.1. The van der Waals surface area contributed by atoms with Crippen LogP contribution < -0.4 is 0 Å². The average molecular weight is 256 g/mol. The molecule has 0 saturated carbocycles. The first kappa shape index (κ1) is 14.1. The Morgan fingerprint density at radius 3 is 1.74 bits per heavy atom. The molecule has 19 heavy (non-hydrogen) atoms. The zero-order valence-corrected chi connectivity index (χ0v) is 12.4. The average Bonchev–Trinajstić information content (AvgIpc) is 2.74. The van der Waals surface area contributed by atoms with Crippen molar-refractivity contribution in [1.82, 2.24) is 0 Å². The van der Waals surface area contributed by atoms with E-state index in [0.717, 1.165) is 12.5 Å². The Morgan fingerprint density at radius 2 is 1.42 bits per heavy atom. The van der Waals surface area contributed by atoms with E-state index in [1.54, 1.807) is 0 Å². The fourth-order valence-electron chi connectivity index (χ4n) is 2.52. The number of hydrogen-bond acceptors (Lipinski definition) is 1. The molecule has 2 atom stereocenters. The van der Waals surface area contributed by atoms with Crippen molar-refractivity contribution in [2.75, 3.05) is 6.61 Å². The number of fused-ring (bicyclic) bond motifs is 1. The summed E-state index contributed by atoms with van der Waals surface area (Å²) in [6.45, 7) is 9.58. The fourth-order valence-corrected chi connectivity index (χ4v) is 2.52. The van der Waals surface area contributed by atoms with Gasteiger partial charge in [0.1, 0.15) is 0 Å². The number of benzene rings is 2. The first-order valence-corrected chi connectivity index (χ1v) is 7.13. The molecule has 1 fully saturated rings. The van der Waals surface area contributed by atoms with E-state index in [1.807, 2.05) is 0 Å². The van der Waals surface area contributed by atoms with Crippen LogP contribution in [0.1, 0.15) is 31.4 Å². The van der Waals surface area contributed by atoms with Crippen LogP contribution in [0.5, 0.6) is 0 Å². The first-order valence-electron chi connectivity index (χ1n) is 7.13. The number of rotatable bonds is 0. The van der Waals surface area contributed by atoms with E-state index in [0.29, 0.717) is 6.10 Å². The molecule has 0 aliphatic carbocycles. The molecular formula is C18H24O. The summed E-state index contributed by atoms with van der Waals surface area (Å²) in [4.78, 5) is 0. The normalized spacial score (nSPS) is 22.1. The molecule has 0 N–H and O–H groups in total. The van der Waals surface area contributed by atoms with Crippen LogP contribution in [0.25, 0.3) is 10.8 Å². The van der Waals surface area contributed by atoms with Gasteiger partial charge in [0.2, 0.25) is 0 Å². The van der Waals surface area contributed by atoms with Crippen molar-refractivity contribution in [2.45, 2.75) is 40.2 Å². The highest BCUT2D eigenvalue weighted by Crippen LogP contribution is 2.17. The standard InChI is InChI=1S/C12H12.C6H12O/c1-9-3-5-12-8-10(2)4-6-11(12)7-9;1-5-3-6(2)7-4-5/h3-8H,1-2H3;5-6H,3-4H2,1-2H3. The van der Waals surface area contributed by atoms with Crippen LogP contribution >= 0.6 is 0 Å². The van der Waals surface area contributed by atoms with Crippen molar-refractivity contribution in [3.63, 3.8) is 0 Å². The summed E-state index contributed by atoms with van der Waals surface area (Å²) >= 11 is 0. The van der Waals surface area contributed by atoms with Crippen molar-refractivity contribution in [3.8, 4) is 0 Å². The minimum atomic E-state index is 0.523. The Morgan fingerprint density at radius 1 is 0.895 bits per heavy atom. The molecule has 0 aromatic heterocycles. The molecule has 1 heterocycles. The molecule has 1 heteroatoms. The van der Waals surface area contributed by atoms with Crippen LogP contribution in [0.2, 0.25) is 0 Å². The Bertz CT molecular complexity index is 495. The molecular weight excluding hydrogens is 232 g/mol. The van der Waals surface area contributed by atoms with Gasteiger partial charge in [0.05, 0.1) is 6.10 Å². The zero-order chi connectivity index (χ0) is 13.8. The third-order valence-electron chi connectivity index (χ3n) is 3.55. The van der Waals surface area contributed by atoms with Gasteiger partial charge in [0.15, 0.2) is 0 Å². The SMILES string of the molecule is CC1COC(C)C1.Cc1ccc2cc(C)ccc2c1. The lowest BCUT2D eigenvalue weighted by molar-refractivity contribution is 0.121. The highest BCUT2D eigenvalue weighted by Gasteiger charge is 2.16. The van der Waals surface area contributed by atoms with Gasteiger partial charge in [-0.15, -0.1) is 0 Å². The predicted octanol–water partition coefficient (Wildman–Crippen LogP) is 4.89. The minimum absolute atomic E-state index is 0.523. The quantitative estimate of drug-likeness (QED) is 0.652. The van der Waals surface area contributed by atoms with E-state index < -0.39 is 0 Å². The van der Waals surface area contributed by atoms with Gasteiger partial charge in [-0.05, 0) is 43.9 Å². The topological polar surface area (TPSA) is 9.23 Å². The van der Waals surface area contributed by atoms with E-state index >= 15 is 0 Å². The molecule has 3 rings (SSSR count). The number of ether oxygens (including phenoxy) is 1. The molecule has 0 amide bonds. The van der Waals surface area contributed by atoms with E-state index in [-0.39, 0.29) is 0 Å². The Balaban J connectivity index is 0.000000163. The molecule has 2 unspecified atom stereocenters. The Kier molecular flexibility index (Phi) is 4.60. The summed E-state index contributed by atoms with van der Waals surface area (Å²) in [6.07, 6.45) is 1.77. The van der Waals surface area contributed by atoms with Crippen molar-refractivity contribution < 1.29 is 4.74 Å². The second kappa shape index (κ2) is 6.21. The predicted molar refractivity (Wildman–Crippen MR) is 82.6 cm³/mol. The smallest absolute Gasteiger partial charge is 0.0550 e. The molecule has 0 radical (unpaired) electrons. The van der Waals surface area contributed by atoms with Crippen LogP contribution in [0.4, 0.5) is 0 Å². The molecule has 1 aliphatic heterocycles. The van der Waals surface area contributed by atoms with Gasteiger partial charge in [-0.1, -0.05) is 54.4 Å². The lowest BCUT2D eigenvalue weighted by Crippen LogP contribution is -1.94. The lowest BCUT2D eigenvalue weighted by atomic mass is 10.1. The van der Waals surface area contributed by atoms with Gasteiger partial charge in [-0.2, -0.15) is 0 Å². The molecule has 2 aromatic rings. The van der Waals surface area contributed by atoms with Gasteiger partial charge in [-0.3, -0.25) is 0 Å². The van der Waals surface area contributed by atoms with Crippen LogP contribution in [0.15, 0.2) is 36.4 Å². The second-order valence-electron chi connectivity index (χ2n) is 5.84. The molecule has 2 aromatic carbocycles. The highest BCUT2D eigenvalue weighted by molar-refractivity contribution is 5.83. The monoisotopic (exact) mass is 256 g/mol. The summed E-state index contributed by atoms with van der Waals surface area (Å²) in [5.41, 5.74) is 2.65. The largest absolute Gasteiger partial charge is 0.378 e. The summed E-state index contributed by atoms with van der Waals surface area (Å²) in [7, 11) is 0. The Labute approximate surface area is 116 Å². The van der Waals surface area contributed by atoms with E-state index in [4.69, 9.17) is 4.74 Å². The summed E-state index contributed by atoms with van der Waals surface area (Å²) in [5.74, 6) is 0.801. The van der Waals surface area contributed by atoms with Crippen LogP contribution in [-0.2, 0) is 4.74 Å². The van der Waals surface area contributed by atoms with Gasteiger partial charge >= 0.3 is 0 Å². The van der Waals surface area contributed by atoms with Gasteiger partial charge < -0.3 is 4.74 Å². The number of aryl methyl sites for hydroxylation is 2. The van der Waals surface area contributed by atoms with Crippen molar-refractivity contribution in [1.29, 1.82) is 0 Å². The van der Waals surface area contributed by atoms with Crippen molar-refractivity contribution in [3.05, 3.63) is 47.5 Å². The molecule has 0 spiro atoms. The van der Waals surface area contributed by atoms with Crippen LogP contribution in [-0.4, -0.2) is 12.7 Å². The van der Waals surface area contributed by atoms with Gasteiger partial charge in [0, 0.05) is 6.61 Å². The highest BCUT2D eigenvalue weighted by atomic mass is 16.5. The third kappa shape index (κ3) is 4.07. The fraction of sp³-hybridized carbons (Fsp3) is 0.444. The second-order valence-corrected chi connectivity index (χ2v) is 5.84. The van der Waals surface area contributed by atoms with Crippen LogP contribution in [0.3, 0.4) is 0 Å². The van der Waals surface area contributed by atoms with E-state index in [2.05, 4.69) is 64.1 Å². The van der Waals surface area contributed by atoms with Crippen molar-refractivity contribution in [2.24, 2.45) is 5.92 Å². The van der Waals surface area contributed by atoms with Crippen LogP contribution in [0, 0.1) is 19.8 Å². The number of hydrogen-bond donors (Lipinski definition) is 0. The van der Waals surface area contributed by atoms with Crippen molar-refractivity contribution >= 4 is 10.8 Å². The zero-order valence-electron chi connectivity index (χ0n) is 12.4. The summed E-state index contributed by atoms with van der Waals surface area (Å²) < 4.78 is 5.27. The molecule has 1 saturated heterocycles. The molecule has 0 bridgehead atoms. The van der Waals surface area contributed by atoms with Gasteiger partial charge in [0.25, 0.3) is 0 Å². The molecule has 1 aliphatic rings. The third-order valence-corrected chi connectivity index (χ3v) is 3.55. The van der Waals surface area contributed by atoms with Gasteiger partial charge in [-0.25, -0.2) is 0 Å². The maximum atomic E-state index is 5.27. The first-order chi connectivity index (χ1) is 9.04.